The lowest BCUT2D eigenvalue weighted by Crippen LogP contribution is -2.16. The van der Waals surface area contributed by atoms with Gasteiger partial charge in [-0.1, -0.05) is 64.8 Å². The van der Waals surface area contributed by atoms with E-state index in [1.165, 1.54) is 30.4 Å². The number of halogens is 1. The van der Waals surface area contributed by atoms with Crippen LogP contribution in [0.15, 0.2) is 24.3 Å². The zero-order valence-electron chi connectivity index (χ0n) is 12.3. The topological polar surface area (TPSA) is 0 Å². The molecule has 1 rings (SSSR count). The predicted octanol–water partition coefficient (Wildman–Crippen LogP) is 5.57. The summed E-state index contributed by atoms with van der Waals surface area (Å²) in [5.41, 5.74) is 3.16. The third-order valence-electron chi connectivity index (χ3n) is 3.74. The molecule has 0 aromatic heterocycles. The fraction of sp³-hybridized carbons (Fsp3) is 0.647. The number of benzene rings is 1. The van der Waals surface area contributed by atoms with Crippen molar-refractivity contribution in [3.05, 3.63) is 35.4 Å². The predicted molar refractivity (Wildman–Crippen MR) is 82.6 cm³/mol. The summed E-state index contributed by atoms with van der Waals surface area (Å²) >= 11 is 5.86. The summed E-state index contributed by atoms with van der Waals surface area (Å²) in [6.07, 6.45) is 4.92. The van der Waals surface area contributed by atoms with E-state index in [0.29, 0.717) is 11.3 Å². The summed E-state index contributed by atoms with van der Waals surface area (Å²) in [6.45, 7) is 9.15. The van der Waals surface area contributed by atoms with Crippen molar-refractivity contribution in [1.29, 1.82) is 0 Å². The molecule has 1 heteroatoms. The molecular formula is C17H27Cl. The first-order valence-corrected chi connectivity index (χ1v) is 7.68. The van der Waals surface area contributed by atoms with E-state index >= 15 is 0 Å². The molecule has 0 nitrogen and oxygen atoms in total. The van der Waals surface area contributed by atoms with E-state index in [9.17, 15) is 0 Å². The van der Waals surface area contributed by atoms with E-state index in [1.807, 2.05) is 0 Å². The Kier molecular flexibility index (Phi) is 6.21. The van der Waals surface area contributed by atoms with Crippen LogP contribution in [0.2, 0.25) is 0 Å². The monoisotopic (exact) mass is 266 g/mol. The van der Waals surface area contributed by atoms with Gasteiger partial charge in [-0.05, 0) is 35.3 Å². The van der Waals surface area contributed by atoms with Crippen molar-refractivity contribution in [2.24, 2.45) is 5.92 Å². The van der Waals surface area contributed by atoms with Crippen LogP contribution in [0.1, 0.15) is 58.1 Å². The quantitative estimate of drug-likeness (QED) is 0.566. The van der Waals surface area contributed by atoms with Crippen LogP contribution in [0.3, 0.4) is 0 Å². The fourth-order valence-electron chi connectivity index (χ4n) is 2.31. The second-order valence-electron chi connectivity index (χ2n) is 6.15. The van der Waals surface area contributed by atoms with Crippen LogP contribution >= 0.6 is 11.6 Å². The molecule has 0 radical (unpaired) electrons. The maximum atomic E-state index is 5.86. The molecule has 0 fully saturated rings. The van der Waals surface area contributed by atoms with E-state index in [1.54, 1.807) is 0 Å². The second kappa shape index (κ2) is 7.19. The fourth-order valence-corrected chi connectivity index (χ4v) is 2.42. The largest absolute Gasteiger partial charge is 0.126 e. The minimum absolute atomic E-state index is 0.298. The number of hydrogen-bond donors (Lipinski definition) is 0. The lowest BCUT2D eigenvalue weighted by Gasteiger charge is -2.25. The van der Waals surface area contributed by atoms with Crippen LogP contribution in [-0.4, -0.2) is 5.88 Å². The third-order valence-corrected chi connectivity index (χ3v) is 4.27. The van der Waals surface area contributed by atoms with Gasteiger partial charge in [0.25, 0.3) is 0 Å². The van der Waals surface area contributed by atoms with Crippen molar-refractivity contribution in [2.75, 3.05) is 5.88 Å². The van der Waals surface area contributed by atoms with Gasteiger partial charge in [0.05, 0.1) is 0 Å². The van der Waals surface area contributed by atoms with E-state index in [-0.39, 0.29) is 0 Å². The standard InChI is InChI=1S/C17H27Cl/c1-5-6-11-17(3,4)16-9-7-15(8-10-16)12-14(2)13-18/h7-10,14H,5-6,11-13H2,1-4H3. The van der Waals surface area contributed by atoms with Crippen molar-refractivity contribution in [3.8, 4) is 0 Å². The Morgan fingerprint density at radius 1 is 1.17 bits per heavy atom. The van der Waals surface area contributed by atoms with Gasteiger partial charge in [0, 0.05) is 5.88 Å². The summed E-state index contributed by atoms with van der Waals surface area (Å²) in [5, 5.41) is 0. The molecule has 1 unspecified atom stereocenters. The zero-order chi connectivity index (χ0) is 13.6. The van der Waals surface area contributed by atoms with Crippen LogP contribution in [-0.2, 0) is 11.8 Å². The Morgan fingerprint density at radius 2 is 1.78 bits per heavy atom. The average Bonchev–Trinajstić information content (AvgIpc) is 2.37. The third kappa shape index (κ3) is 4.65. The molecule has 0 saturated carbocycles. The van der Waals surface area contributed by atoms with Crippen molar-refractivity contribution >= 4 is 11.6 Å². The molecule has 0 aliphatic carbocycles. The van der Waals surface area contributed by atoms with Crippen LogP contribution in [0, 0.1) is 5.92 Å². The van der Waals surface area contributed by atoms with Crippen LogP contribution < -0.4 is 0 Å². The van der Waals surface area contributed by atoms with Gasteiger partial charge in [0.1, 0.15) is 0 Å². The molecule has 0 bridgehead atoms. The molecule has 0 aliphatic heterocycles. The zero-order valence-corrected chi connectivity index (χ0v) is 13.1. The molecule has 0 aliphatic rings. The van der Waals surface area contributed by atoms with Gasteiger partial charge in [-0.25, -0.2) is 0 Å². The van der Waals surface area contributed by atoms with Gasteiger partial charge >= 0.3 is 0 Å². The van der Waals surface area contributed by atoms with Gasteiger partial charge < -0.3 is 0 Å². The second-order valence-corrected chi connectivity index (χ2v) is 6.46. The first-order chi connectivity index (χ1) is 8.49. The minimum atomic E-state index is 0.298. The smallest absolute Gasteiger partial charge is 0.0252 e. The summed E-state index contributed by atoms with van der Waals surface area (Å²) < 4.78 is 0. The highest BCUT2D eigenvalue weighted by molar-refractivity contribution is 6.18. The van der Waals surface area contributed by atoms with Crippen LogP contribution in [0.5, 0.6) is 0 Å². The summed E-state index contributed by atoms with van der Waals surface area (Å²) in [5.74, 6) is 1.30. The van der Waals surface area contributed by atoms with E-state index in [0.717, 1.165) is 12.3 Å². The summed E-state index contributed by atoms with van der Waals surface area (Å²) in [7, 11) is 0. The Labute approximate surface area is 118 Å². The summed E-state index contributed by atoms with van der Waals surface area (Å²) in [6, 6.07) is 9.13. The highest BCUT2D eigenvalue weighted by Gasteiger charge is 2.19. The molecule has 0 spiro atoms. The molecule has 0 saturated heterocycles. The first-order valence-electron chi connectivity index (χ1n) is 7.15. The Balaban J connectivity index is 2.69. The molecule has 102 valence electrons. The molecule has 1 aromatic rings. The van der Waals surface area contributed by atoms with Gasteiger partial charge in [-0.15, -0.1) is 11.6 Å². The van der Waals surface area contributed by atoms with Crippen molar-refractivity contribution < 1.29 is 0 Å². The Bertz CT molecular complexity index is 337. The maximum Gasteiger partial charge on any atom is 0.0252 e. The molecule has 0 heterocycles. The maximum absolute atomic E-state index is 5.86. The van der Waals surface area contributed by atoms with Crippen molar-refractivity contribution in [1.82, 2.24) is 0 Å². The molecule has 1 atom stereocenters. The minimum Gasteiger partial charge on any atom is -0.126 e. The van der Waals surface area contributed by atoms with Gasteiger partial charge in [-0.2, -0.15) is 0 Å². The van der Waals surface area contributed by atoms with Gasteiger partial charge in [-0.3, -0.25) is 0 Å². The molecular weight excluding hydrogens is 240 g/mol. The van der Waals surface area contributed by atoms with Crippen molar-refractivity contribution in [2.45, 2.75) is 58.8 Å². The molecule has 1 aromatic carbocycles. The van der Waals surface area contributed by atoms with Gasteiger partial charge in [0.2, 0.25) is 0 Å². The number of rotatable bonds is 7. The first kappa shape index (κ1) is 15.6. The number of unbranched alkanes of at least 4 members (excludes halogenated alkanes) is 1. The average molecular weight is 267 g/mol. The summed E-state index contributed by atoms with van der Waals surface area (Å²) in [4.78, 5) is 0. The van der Waals surface area contributed by atoms with Gasteiger partial charge in [0.15, 0.2) is 0 Å². The highest BCUT2D eigenvalue weighted by Crippen LogP contribution is 2.29. The number of alkyl halides is 1. The highest BCUT2D eigenvalue weighted by atomic mass is 35.5. The van der Waals surface area contributed by atoms with Crippen LogP contribution in [0.4, 0.5) is 0 Å². The molecule has 18 heavy (non-hydrogen) atoms. The van der Waals surface area contributed by atoms with E-state index in [2.05, 4.69) is 52.0 Å². The lowest BCUT2D eigenvalue weighted by atomic mass is 9.80. The Hall–Kier alpha value is -0.490. The number of hydrogen-bond acceptors (Lipinski definition) is 0. The SMILES string of the molecule is CCCCC(C)(C)c1ccc(CC(C)CCl)cc1. The van der Waals surface area contributed by atoms with Crippen molar-refractivity contribution in [3.63, 3.8) is 0 Å². The lowest BCUT2D eigenvalue weighted by molar-refractivity contribution is 0.457. The van der Waals surface area contributed by atoms with Crippen LogP contribution in [0.25, 0.3) is 0 Å². The molecule has 0 amide bonds. The van der Waals surface area contributed by atoms with E-state index < -0.39 is 0 Å². The normalized spacial score (nSPS) is 13.6. The Morgan fingerprint density at radius 3 is 2.28 bits per heavy atom. The molecule has 0 N–H and O–H groups in total. The van der Waals surface area contributed by atoms with E-state index in [4.69, 9.17) is 11.6 Å².